The molecule has 0 N–H and O–H groups in total. The molecule has 1 aliphatic heterocycles. The molecule has 20 heavy (non-hydrogen) atoms. The molecule has 2 rings (SSSR count). The number of anilines is 1. The zero-order valence-corrected chi connectivity index (χ0v) is 11.3. The third kappa shape index (κ3) is 2.02. The second-order valence-corrected chi connectivity index (χ2v) is 4.45. The molecule has 2 amide bonds. The van der Waals surface area contributed by atoms with Gasteiger partial charge >= 0.3 is 0 Å². The summed E-state index contributed by atoms with van der Waals surface area (Å²) in [6.07, 6.45) is 3.84. The molecule has 0 aromatic carbocycles. The molecule has 104 valence electrons. The quantitative estimate of drug-likeness (QED) is 0.623. The molecule has 0 unspecified atom stereocenters. The van der Waals surface area contributed by atoms with E-state index in [2.05, 4.69) is 4.98 Å². The Hall–Kier alpha value is -2.08. The van der Waals surface area contributed by atoms with Gasteiger partial charge in [0.05, 0.1) is 11.2 Å². The van der Waals surface area contributed by atoms with Crippen LogP contribution in [0.2, 0.25) is 5.02 Å². The van der Waals surface area contributed by atoms with Crippen LogP contribution in [0.4, 0.5) is 14.5 Å². The van der Waals surface area contributed by atoms with Gasteiger partial charge in [-0.2, -0.15) is 8.78 Å². The van der Waals surface area contributed by atoms with E-state index in [4.69, 9.17) is 11.6 Å². The third-order valence-corrected chi connectivity index (χ3v) is 3.10. The first-order valence-corrected chi connectivity index (χ1v) is 5.99. The van der Waals surface area contributed by atoms with E-state index in [-0.39, 0.29) is 16.2 Å². The SMILES string of the molecule is C/C=C\C1=C(C)C(=O)N(c2c(Cl)cnc(F)c2F)C1=O. The van der Waals surface area contributed by atoms with Gasteiger partial charge in [0, 0.05) is 11.1 Å². The molecule has 0 fully saturated rings. The van der Waals surface area contributed by atoms with Gasteiger partial charge in [0.2, 0.25) is 5.82 Å². The van der Waals surface area contributed by atoms with Crippen molar-refractivity contribution in [3.8, 4) is 0 Å². The number of aromatic nitrogens is 1. The first kappa shape index (κ1) is 14.3. The minimum absolute atomic E-state index is 0.116. The highest BCUT2D eigenvalue weighted by molar-refractivity contribution is 6.39. The van der Waals surface area contributed by atoms with Gasteiger partial charge < -0.3 is 0 Å². The van der Waals surface area contributed by atoms with Gasteiger partial charge in [-0.05, 0) is 13.8 Å². The van der Waals surface area contributed by atoms with Crippen molar-refractivity contribution in [1.29, 1.82) is 0 Å². The molecule has 1 aromatic heterocycles. The predicted molar refractivity (Wildman–Crippen MR) is 69.2 cm³/mol. The summed E-state index contributed by atoms with van der Waals surface area (Å²) in [4.78, 5) is 27.8. The Morgan fingerprint density at radius 3 is 2.55 bits per heavy atom. The molecular weight excluding hydrogens is 290 g/mol. The summed E-state index contributed by atoms with van der Waals surface area (Å²) in [6, 6.07) is 0. The fraction of sp³-hybridized carbons (Fsp3) is 0.154. The Balaban J connectivity index is 2.61. The molecule has 0 radical (unpaired) electrons. The number of rotatable bonds is 2. The molecule has 1 aliphatic rings. The lowest BCUT2D eigenvalue weighted by Crippen LogP contribution is -2.32. The zero-order chi connectivity index (χ0) is 15.0. The van der Waals surface area contributed by atoms with Crippen LogP contribution in [-0.2, 0) is 9.59 Å². The van der Waals surface area contributed by atoms with Crippen LogP contribution in [0, 0.1) is 11.8 Å². The van der Waals surface area contributed by atoms with Crippen LogP contribution in [0.1, 0.15) is 13.8 Å². The number of pyridine rings is 1. The van der Waals surface area contributed by atoms with Crippen molar-refractivity contribution >= 4 is 29.1 Å². The monoisotopic (exact) mass is 298 g/mol. The first-order valence-electron chi connectivity index (χ1n) is 5.62. The summed E-state index contributed by atoms with van der Waals surface area (Å²) in [5, 5.41) is -0.319. The lowest BCUT2D eigenvalue weighted by Gasteiger charge is -2.16. The van der Waals surface area contributed by atoms with Crippen LogP contribution in [0.15, 0.2) is 29.5 Å². The van der Waals surface area contributed by atoms with Crippen LogP contribution < -0.4 is 4.90 Å². The fourth-order valence-electron chi connectivity index (χ4n) is 1.86. The molecule has 0 spiro atoms. The second-order valence-electron chi connectivity index (χ2n) is 4.04. The van der Waals surface area contributed by atoms with E-state index in [1.807, 2.05) is 0 Å². The van der Waals surface area contributed by atoms with E-state index in [9.17, 15) is 18.4 Å². The van der Waals surface area contributed by atoms with Crippen molar-refractivity contribution < 1.29 is 18.4 Å². The van der Waals surface area contributed by atoms with E-state index in [0.717, 1.165) is 6.20 Å². The number of carbonyl (C=O) groups excluding carboxylic acids is 2. The van der Waals surface area contributed by atoms with Crippen molar-refractivity contribution in [2.45, 2.75) is 13.8 Å². The van der Waals surface area contributed by atoms with E-state index >= 15 is 0 Å². The van der Waals surface area contributed by atoms with E-state index in [1.165, 1.54) is 13.0 Å². The number of hydrogen-bond donors (Lipinski definition) is 0. The van der Waals surface area contributed by atoms with Gasteiger partial charge in [0.15, 0.2) is 0 Å². The maximum Gasteiger partial charge on any atom is 0.265 e. The molecule has 0 saturated heterocycles. The first-order chi connectivity index (χ1) is 9.40. The standard InChI is InChI=1S/C13H9ClF2N2O2/c1-3-4-7-6(2)12(19)18(13(7)20)10-8(14)5-17-11(16)9(10)15/h3-5H,1-2H3/b4-3-. The normalized spacial score (nSPS) is 15.9. The average Bonchev–Trinajstić information content (AvgIpc) is 2.61. The van der Waals surface area contributed by atoms with E-state index < -0.39 is 29.3 Å². The highest BCUT2D eigenvalue weighted by atomic mass is 35.5. The average molecular weight is 299 g/mol. The van der Waals surface area contributed by atoms with Crippen molar-refractivity contribution in [2.24, 2.45) is 0 Å². The summed E-state index contributed by atoms with van der Waals surface area (Å²) >= 11 is 5.73. The maximum atomic E-state index is 13.8. The van der Waals surface area contributed by atoms with Crippen molar-refractivity contribution in [3.05, 3.63) is 46.3 Å². The van der Waals surface area contributed by atoms with E-state index in [1.54, 1.807) is 13.0 Å². The number of amides is 2. The van der Waals surface area contributed by atoms with Crippen LogP contribution in [-0.4, -0.2) is 16.8 Å². The number of nitrogens with zero attached hydrogens (tertiary/aromatic N) is 2. The summed E-state index contributed by atoms with van der Waals surface area (Å²) in [7, 11) is 0. The van der Waals surface area contributed by atoms with Crippen molar-refractivity contribution in [2.75, 3.05) is 4.90 Å². The Morgan fingerprint density at radius 2 is 1.95 bits per heavy atom. The van der Waals surface area contributed by atoms with Crippen LogP contribution >= 0.6 is 11.6 Å². The van der Waals surface area contributed by atoms with Gasteiger partial charge in [-0.15, -0.1) is 0 Å². The van der Waals surface area contributed by atoms with E-state index in [0.29, 0.717) is 4.90 Å². The smallest absolute Gasteiger partial charge is 0.265 e. The van der Waals surface area contributed by atoms with Crippen LogP contribution in [0.25, 0.3) is 0 Å². The minimum atomic E-state index is -1.44. The highest BCUT2D eigenvalue weighted by Gasteiger charge is 2.39. The molecule has 4 nitrogen and oxygen atoms in total. The topological polar surface area (TPSA) is 50.3 Å². The summed E-state index contributed by atoms with van der Waals surface area (Å²) in [5.74, 6) is -4.36. The second kappa shape index (κ2) is 5.13. The molecule has 0 aliphatic carbocycles. The number of carbonyl (C=O) groups is 2. The minimum Gasteiger partial charge on any atom is -0.269 e. The summed E-state index contributed by atoms with van der Waals surface area (Å²) in [6.45, 7) is 3.10. The number of allylic oxidation sites excluding steroid dienone is 1. The van der Waals surface area contributed by atoms with Crippen LogP contribution in [0.3, 0.4) is 0 Å². The zero-order valence-electron chi connectivity index (χ0n) is 10.6. The fourth-order valence-corrected chi connectivity index (χ4v) is 2.08. The van der Waals surface area contributed by atoms with Gasteiger partial charge in [-0.25, -0.2) is 9.88 Å². The van der Waals surface area contributed by atoms with Gasteiger partial charge in [-0.1, -0.05) is 23.8 Å². The summed E-state index contributed by atoms with van der Waals surface area (Å²) < 4.78 is 27.0. The Bertz CT molecular complexity index is 683. The Kier molecular flexibility index (Phi) is 3.67. The number of imide groups is 1. The molecule has 0 saturated carbocycles. The molecule has 1 aromatic rings. The summed E-state index contributed by atoms with van der Waals surface area (Å²) in [5.41, 5.74) is -0.362. The predicted octanol–water partition coefficient (Wildman–Crippen LogP) is 2.78. The number of hydrogen-bond acceptors (Lipinski definition) is 3. The van der Waals surface area contributed by atoms with Crippen LogP contribution in [0.5, 0.6) is 0 Å². The van der Waals surface area contributed by atoms with Gasteiger partial charge in [0.25, 0.3) is 17.8 Å². The molecule has 2 heterocycles. The van der Waals surface area contributed by atoms with Crippen molar-refractivity contribution in [3.63, 3.8) is 0 Å². The maximum absolute atomic E-state index is 13.8. The lowest BCUT2D eigenvalue weighted by molar-refractivity contribution is -0.120. The number of halogens is 3. The largest absolute Gasteiger partial charge is 0.269 e. The lowest BCUT2D eigenvalue weighted by atomic mass is 10.1. The van der Waals surface area contributed by atoms with Crippen molar-refractivity contribution in [1.82, 2.24) is 4.98 Å². The van der Waals surface area contributed by atoms with Gasteiger partial charge in [-0.3, -0.25) is 9.59 Å². The van der Waals surface area contributed by atoms with Gasteiger partial charge in [0.1, 0.15) is 5.69 Å². The molecule has 0 atom stereocenters. The molecule has 0 bridgehead atoms. The Labute approximate surface area is 118 Å². The Morgan fingerprint density at radius 1 is 1.30 bits per heavy atom. The highest BCUT2D eigenvalue weighted by Crippen LogP contribution is 2.35. The molecule has 7 heteroatoms. The molecular formula is C13H9ClF2N2O2. The third-order valence-electron chi connectivity index (χ3n) is 2.82.